The van der Waals surface area contributed by atoms with Gasteiger partial charge in [-0.3, -0.25) is 0 Å². The van der Waals surface area contributed by atoms with E-state index in [4.69, 9.17) is 16.3 Å². The van der Waals surface area contributed by atoms with Crippen molar-refractivity contribution in [1.29, 1.82) is 0 Å². The normalized spacial score (nSPS) is 11.8. The van der Waals surface area contributed by atoms with Crippen LogP contribution >= 0.6 is 0 Å². The molecular formula is C15H21NO2. The largest absolute Gasteiger partial charge is 0.481 e. The first-order chi connectivity index (χ1) is 8.77. The molecule has 0 aliphatic heterocycles. The van der Waals surface area contributed by atoms with Gasteiger partial charge in [0.1, 0.15) is 12.4 Å². The average Bonchev–Trinajstić information content (AvgIpc) is 2.41. The van der Waals surface area contributed by atoms with Crippen molar-refractivity contribution >= 4 is 0 Å². The molecule has 0 saturated heterocycles. The second kappa shape index (κ2) is 8.57. The maximum atomic E-state index is 8.78. The van der Waals surface area contributed by atoms with Gasteiger partial charge in [-0.2, -0.15) is 0 Å². The standard InChI is InChI=1S/C15H21NO2/c1-3-11-18-15-9-5-4-8-14(15)12-16-13(2)7-6-10-17/h1,4-5,8-9,13,16-17H,6-7,10-12H2,2H3. The number of ether oxygens (including phenoxy) is 1. The Morgan fingerprint density at radius 2 is 2.22 bits per heavy atom. The van der Waals surface area contributed by atoms with Crippen molar-refractivity contribution in [3.8, 4) is 18.1 Å². The lowest BCUT2D eigenvalue weighted by Gasteiger charge is -2.15. The van der Waals surface area contributed by atoms with Crippen LogP contribution in [0.3, 0.4) is 0 Å². The van der Waals surface area contributed by atoms with Gasteiger partial charge in [0.15, 0.2) is 0 Å². The van der Waals surface area contributed by atoms with Crippen molar-refractivity contribution in [3.63, 3.8) is 0 Å². The molecule has 0 aliphatic carbocycles. The van der Waals surface area contributed by atoms with Gasteiger partial charge < -0.3 is 15.2 Å². The van der Waals surface area contributed by atoms with E-state index in [2.05, 4.69) is 18.2 Å². The van der Waals surface area contributed by atoms with Crippen LogP contribution in [0.1, 0.15) is 25.3 Å². The third kappa shape index (κ3) is 5.22. The maximum Gasteiger partial charge on any atom is 0.148 e. The van der Waals surface area contributed by atoms with Crippen LogP contribution in [0.5, 0.6) is 5.75 Å². The summed E-state index contributed by atoms with van der Waals surface area (Å²) in [6.45, 7) is 3.39. The molecule has 3 nitrogen and oxygen atoms in total. The molecule has 1 aromatic carbocycles. The zero-order valence-corrected chi connectivity index (χ0v) is 10.9. The summed E-state index contributed by atoms with van der Waals surface area (Å²) in [5.74, 6) is 3.30. The molecule has 1 rings (SSSR count). The lowest BCUT2D eigenvalue weighted by molar-refractivity contribution is 0.276. The van der Waals surface area contributed by atoms with Crippen molar-refractivity contribution < 1.29 is 9.84 Å². The Hall–Kier alpha value is -1.50. The molecule has 1 aromatic rings. The van der Waals surface area contributed by atoms with Gasteiger partial charge in [-0.05, 0) is 25.8 Å². The summed E-state index contributed by atoms with van der Waals surface area (Å²) < 4.78 is 5.48. The number of nitrogens with one attached hydrogen (secondary N) is 1. The van der Waals surface area contributed by atoms with Crippen LogP contribution in [-0.4, -0.2) is 24.4 Å². The second-order valence-corrected chi connectivity index (χ2v) is 4.25. The van der Waals surface area contributed by atoms with Gasteiger partial charge >= 0.3 is 0 Å². The molecule has 2 N–H and O–H groups in total. The fourth-order valence-corrected chi connectivity index (χ4v) is 1.69. The van der Waals surface area contributed by atoms with Gasteiger partial charge in [-0.25, -0.2) is 0 Å². The summed E-state index contributed by atoms with van der Waals surface area (Å²) in [5.41, 5.74) is 1.10. The predicted molar refractivity (Wildman–Crippen MR) is 73.4 cm³/mol. The smallest absolute Gasteiger partial charge is 0.148 e. The number of rotatable bonds is 8. The number of hydrogen-bond acceptors (Lipinski definition) is 3. The van der Waals surface area contributed by atoms with Gasteiger partial charge in [-0.15, -0.1) is 6.42 Å². The van der Waals surface area contributed by atoms with Gasteiger partial charge in [0, 0.05) is 24.8 Å². The van der Waals surface area contributed by atoms with Gasteiger partial charge in [-0.1, -0.05) is 24.1 Å². The molecule has 18 heavy (non-hydrogen) atoms. The van der Waals surface area contributed by atoms with E-state index in [1.807, 2.05) is 24.3 Å². The fraction of sp³-hybridized carbons (Fsp3) is 0.467. The molecule has 1 unspecified atom stereocenters. The minimum Gasteiger partial charge on any atom is -0.481 e. The molecule has 0 amide bonds. The van der Waals surface area contributed by atoms with Crippen LogP contribution in [0, 0.1) is 12.3 Å². The van der Waals surface area contributed by atoms with Crippen LogP contribution < -0.4 is 10.1 Å². The molecule has 0 bridgehead atoms. The third-order valence-corrected chi connectivity index (χ3v) is 2.72. The molecule has 0 spiro atoms. The highest BCUT2D eigenvalue weighted by Crippen LogP contribution is 2.17. The van der Waals surface area contributed by atoms with E-state index in [0.717, 1.165) is 30.7 Å². The summed E-state index contributed by atoms with van der Waals surface area (Å²) in [6, 6.07) is 8.24. The number of benzene rings is 1. The third-order valence-electron chi connectivity index (χ3n) is 2.72. The number of aliphatic hydroxyl groups excluding tert-OH is 1. The summed E-state index contributed by atoms with van der Waals surface area (Å²) >= 11 is 0. The van der Waals surface area contributed by atoms with E-state index in [9.17, 15) is 0 Å². The number of para-hydroxylation sites is 1. The molecule has 0 fully saturated rings. The lowest BCUT2D eigenvalue weighted by atomic mass is 10.1. The molecule has 0 saturated carbocycles. The SMILES string of the molecule is C#CCOc1ccccc1CNC(C)CCCO. The second-order valence-electron chi connectivity index (χ2n) is 4.25. The van der Waals surface area contributed by atoms with Crippen molar-refractivity contribution in [2.24, 2.45) is 0 Å². The molecule has 0 heterocycles. The highest BCUT2D eigenvalue weighted by Gasteiger charge is 2.05. The fourth-order valence-electron chi connectivity index (χ4n) is 1.69. The Morgan fingerprint density at radius 3 is 2.94 bits per heavy atom. The Labute approximate surface area is 109 Å². The summed E-state index contributed by atoms with van der Waals surface area (Å²) in [4.78, 5) is 0. The highest BCUT2D eigenvalue weighted by atomic mass is 16.5. The van der Waals surface area contributed by atoms with Crippen molar-refractivity contribution in [2.75, 3.05) is 13.2 Å². The van der Waals surface area contributed by atoms with Crippen LogP contribution in [-0.2, 0) is 6.54 Å². The summed E-state index contributed by atoms with van der Waals surface area (Å²) in [7, 11) is 0. The summed E-state index contributed by atoms with van der Waals surface area (Å²) in [5, 5.41) is 12.2. The maximum absolute atomic E-state index is 8.78. The Bertz CT molecular complexity index is 384. The quantitative estimate of drug-likeness (QED) is 0.690. The lowest BCUT2D eigenvalue weighted by Crippen LogP contribution is -2.25. The Kier molecular flexibility index (Phi) is 6.93. The van der Waals surface area contributed by atoms with Gasteiger partial charge in [0.25, 0.3) is 0 Å². The number of aliphatic hydroxyl groups is 1. The number of hydrogen-bond donors (Lipinski definition) is 2. The Balaban J connectivity index is 2.48. The molecule has 1 atom stereocenters. The van der Waals surface area contributed by atoms with Crippen molar-refractivity contribution in [3.05, 3.63) is 29.8 Å². The van der Waals surface area contributed by atoms with Crippen molar-refractivity contribution in [2.45, 2.75) is 32.4 Å². The molecule has 0 aliphatic rings. The first kappa shape index (κ1) is 14.6. The van der Waals surface area contributed by atoms with Crippen LogP contribution in [0.4, 0.5) is 0 Å². The van der Waals surface area contributed by atoms with E-state index in [0.29, 0.717) is 6.04 Å². The average molecular weight is 247 g/mol. The van der Waals surface area contributed by atoms with Gasteiger partial charge in [0.05, 0.1) is 0 Å². The topological polar surface area (TPSA) is 41.5 Å². The van der Waals surface area contributed by atoms with Crippen LogP contribution in [0.2, 0.25) is 0 Å². The summed E-state index contributed by atoms with van der Waals surface area (Å²) in [6.07, 6.45) is 6.97. The molecule has 3 heteroatoms. The van der Waals surface area contributed by atoms with E-state index in [1.165, 1.54) is 0 Å². The first-order valence-electron chi connectivity index (χ1n) is 6.26. The van der Waals surface area contributed by atoms with E-state index in [-0.39, 0.29) is 13.2 Å². The van der Waals surface area contributed by atoms with Gasteiger partial charge in [0.2, 0.25) is 0 Å². The predicted octanol–water partition coefficient (Wildman–Crippen LogP) is 1.95. The molecule has 0 radical (unpaired) electrons. The minimum absolute atomic E-state index is 0.244. The monoisotopic (exact) mass is 247 g/mol. The zero-order valence-electron chi connectivity index (χ0n) is 10.9. The molecule has 98 valence electrons. The highest BCUT2D eigenvalue weighted by molar-refractivity contribution is 5.33. The zero-order chi connectivity index (χ0) is 13.2. The van der Waals surface area contributed by atoms with E-state index >= 15 is 0 Å². The molecule has 0 aromatic heterocycles. The van der Waals surface area contributed by atoms with Crippen LogP contribution in [0.25, 0.3) is 0 Å². The van der Waals surface area contributed by atoms with E-state index < -0.39 is 0 Å². The van der Waals surface area contributed by atoms with Crippen LogP contribution in [0.15, 0.2) is 24.3 Å². The molecular weight excluding hydrogens is 226 g/mol. The number of terminal acetylenes is 1. The van der Waals surface area contributed by atoms with Crippen molar-refractivity contribution in [1.82, 2.24) is 5.32 Å². The first-order valence-corrected chi connectivity index (χ1v) is 6.26. The minimum atomic E-state index is 0.244. The Morgan fingerprint density at radius 1 is 1.44 bits per heavy atom. The van der Waals surface area contributed by atoms with E-state index in [1.54, 1.807) is 0 Å².